The average molecular weight is 325 g/mol. The Morgan fingerprint density at radius 3 is 2.29 bits per heavy atom. The fraction of sp³-hybridized carbons (Fsp3) is 0.167. The predicted octanol–water partition coefficient (Wildman–Crippen LogP) is 1.94. The molecule has 0 aromatic heterocycles. The third kappa shape index (κ3) is 2.91. The summed E-state index contributed by atoms with van der Waals surface area (Å²) in [5.74, 6) is -1.03. The lowest BCUT2D eigenvalue weighted by Gasteiger charge is -2.19. The lowest BCUT2D eigenvalue weighted by atomic mass is 10.1. The molecule has 0 spiro atoms. The Morgan fingerprint density at radius 2 is 1.71 bits per heavy atom. The highest BCUT2D eigenvalue weighted by Gasteiger charge is 2.36. The van der Waals surface area contributed by atoms with Crippen LogP contribution in [0.1, 0.15) is 39.3 Å². The molecule has 1 aliphatic rings. The molecular weight excluding hydrogens is 310 g/mol. The monoisotopic (exact) mass is 325 g/mol. The first-order valence-electron chi connectivity index (χ1n) is 7.39. The highest BCUT2D eigenvalue weighted by molar-refractivity contribution is 6.21. The van der Waals surface area contributed by atoms with E-state index in [0.717, 1.165) is 4.90 Å². The average Bonchev–Trinajstić information content (AvgIpc) is 2.80. The smallest absolute Gasteiger partial charge is 0.308 e. The minimum atomic E-state index is -1.08. The molecule has 1 aliphatic heterocycles. The Morgan fingerprint density at radius 1 is 1.08 bits per heavy atom. The molecule has 2 aromatic rings. The number of carbonyl (C=O) groups excluding carboxylic acids is 3. The van der Waals surface area contributed by atoms with E-state index in [0.29, 0.717) is 22.4 Å². The van der Waals surface area contributed by atoms with Gasteiger partial charge in [0, 0.05) is 6.92 Å². The number of aliphatic hydroxyl groups excluding tert-OH is 1. The predicted molar refractivity (Wildman–Crippen MR) is 84.5 cm³/mol. The first-order chi connectivity index (χ1) is 11.5. The molecule has 6 nitrogen and oxygen atoms in total. The molecule has 0 saturated carbocycles. The number of hydrogen-bond acceptors (Lipinski definition) is 5. The maximum atomic E-state index is 12.3. The lowest BCUT2D eigenvalue weighted by Crippen LogP contribution is -2.33. The highest BCUT2D eigenvalue weighted by Crippen LogP contribution is 2.26. The second-order valence-electron chi connectivity index (χ2n) is 5.45. The van der Waals surface area contributed by atoms with Crippen LogP contribution in [0.15, 0.2) is 48.5 Å². The van der Waals surface area contributed by atoms with Gasteiger partial charge in [-0.2, -0.15) is 0 Å². The third-order valence-electron chi connectivity index (χ3n) is 3.74. The maximum absolute atomic E-state index is 12.3. The molecule has 2 amide bonds. The molecule has 3 rings (SSSR count). The second-order valence-corrected chi connectivity index (χ2v) is 5.45. The van der Waals surface area contributed by atoms with Crippen LogP contribution in [0.2, 0.25) is 0 Å². The Kier molecular flexibility index (Phi) is 4.14. The molecule has 2 aromatic carbocycles. The van der Waals surface area contributed by atoms with Gasteiger partial charge in [-0.25, -0.2) is 0 Å². The zero-order chi connectivity index (χ0) is 17.3. The van der Waals surface area contributed by atoms with Crippen LogP contribution in [0, 0.1) is 0 Å². The number of amides is 2. The van der Waals surface area contributed by atoms with Gasteiger partial charge < -0.3 is 9.84 Å². The number of β-amino-alcohol motifs (C(OH)–C–C–N with tert-alkyl or cyclic N) is 1. The van der Waals surface area contributed by atoms with Crippen LogP contribution in [0.3, 0.4) is 0 Å². The molecule has 1 N–H and O–H groups in total. The Balaban J connectivity index is 1.79. The first kappa shape index (κ1) is 15.9. The summed E-state index contributed by atoms with van der Waals surface area (Å²) < 4.78 is 4.97. The summed E-state index contributed by atoms with van der Waals surface area (Å²) in [5, 5.41) is 10.4. The van der Waals surface area contributed by atoms with Crippen molar-refractivity contribution in [3.63, 3.8) is 0 Å². The summed E-state index contributed by atoms with van der Waals surface area (Å²) in [5.41, 5.74) is 1.12. The summed E-state index contributed by atoms with van der Waals surface area (Å²) in [4.78, 5) is 36.6. The van der Waals surface area contributed by atoms with Crippen LogP contribution >= 0.6 is 0 Å². The van der Waals surface area contributed by atoms with Gasteiger partial charge >= 0.3 is 5.97 Å². The first-order valence-corrected chi connectivity index (χ1v) is 7.39. The standard InChI is InChI=1S/C18H15NO5/c1-11(20)24-13-6-4-5-12(9-13)16(21)10-19-17(22)14-7-2-3-8-15(14)18(19)23/h2-9,16,21H,10H2,1H3. The molecule has 0 saturated heterocycles. The van der Waals surface area contributed by atoms with Crippen molar-refractivity contribution in [1.29, 1.82) is 0 Å². The van der Waals surface area contributed by atoms with E-state index in [1.807, 2.05) is 0 Å². The van der Waals surface area contributed by atoms with Crippen LogP contribution in [0.4, 0.5) is 0 Å². The van der Waals surface area contributed by atoms with Crippen molar-refractivity contribution in [2.24, 2.45) is 0 Å². The minimum Gasteiger partial charge on any atom is -0.427 e. The van der Waals surface area contributed by atoms with Crippen molar-refractivity contribution in [2.45, 2.75) is 13.0 Å². The van der Waals surface area contributed by atoms with E-state index >= 15 is 0 Å². The normalized spacial score (nSPS) is 14.5. The van der Waals surface area contributed by atoms with Gasteiger partial charge in [0.15, 0.2) is 0 Å². The largest absolute Gasteiger partial charge is 0.427 e. The fourth-order valence-electron chi connectivity index (χ4n) is 2.63. The van der Waals surface area contributed by atoms with E-state index in [2.05, 4.69) is 0 Å². The number of aliphatic hydroxyl groups is 1. The highest BCUT2D eigenvalue weighted by atomic mass is 16.5. The minimum absolute atomic E-state index is 0.171. The van der Waals surface area contributed by atoms with Crippen molar-refractivity contribution in [3.05, 3.63) is 65.2 Å². The van der Waals surface area contributed by atoms with Gasteiger partial charge in [-0.05, 0) is 29.8 Å². The summed E-state index contributed by atoms with van der Waals surface area (Å²) in [6, 6.07) is 12.9. The summed E-state index contributed by atoms with van der Waals surface area (Å²) in [7, 11) is 0. The number of carbonyl (C=O) groups is 3. The van der Waals surface area contributed by atoms with Gasteiger partial charge in [-0.1, -0.05) is 24.3 Å². The summed E-state index contributed by atoms with van der Waals surface area (Å²) in [6.45, 7) is 1.11. The van der Waals surface area contributed by atoms with Crippen LogP contribution in [-0.4, -0.2) is 34.3 Å². The van der Waals surface area contributed by atoms with Gasteiger partial charge in [0.25, 0.3) is 11.8 Å². The van der Waals surface area contributed by atoms with Gasteiger partial charge in [-0.3, -0.25) is 19.3 Å². The maximum Gasteiger partial charge on any atom is 0.308 e. The van der Waals surface area contributed by atoms with Crippen LogP contribution in [0.25, 0.3) is 0 Å². The fourth-order valence-corrected chi connectivity index (χ4v) is 2.63. The summed E-state index contributed by atoms with van der Waals surface area (Å²) in [6.07, 6.45) is -1.08. The molecule has 122 valence electrons. The lowest BCUT2D eigenvalue weighted by molar-refractivity contribution is -0.131. The molecule has 0 fully saturated rings. The van der Waals surface area contributed by atoms with Gasteiger partial charge in [0.05, 0.1) is 23.8 Å². The number of benzene rings is 2. The van der Waals surface area contributed by atoms with Crippen molar-refractivity contribution in [3.8, 4) is 5.75 Å². The zero-order valence-electron chi connectivity index (χ0n) is 12.9. The van der Waals surface area contributed by atoms with E-state index < -0.39 is 23.9 Å². The van der Waals surface area contributed by atoms with E-state index in [-0.39, 0.29) is 6.54 Å². The number of ether oxygens (including phenoxy) is 1. The quantitative estimate of drug-likeness (QED) is 0.527. The molecule has 1 heterocycles. The van der Waals surface area contributed by atoms with Gasteiger partial charge in [0.1, 0.15) is 5.75 Å². The molecular formula is C18H15NO5. The van der Waals surface area contributed by atoms with Crippen LogP contribution < -0.4 is 4.74 Å². The van der Waals surface area contributed by atoms with E-state index in [4.69, 9.17) is 4.74 Å². The number of rotatable bonds is 4. The zero-order valence-corrected chi connectivity index (χ0v) is 12.9. The molecule has 0 bridgehead atoms. The van der Waals surface area contributed by atoms with E-state index in [9.17, 15) is 19.5 Å². The molecule has 6 heteroatoms. The Hall–Kier alpha value is -2.99. The van der Waals surface area contributed by atoms with E-state index in [1.165, 1.54) is 13.0 Å². The van der Waals surface area contributed by atoms with Gasteiger partial charge in [-0.15, -0.1) is 0 Å². The number of hydrogen-bond donors (Lipinski definition) is 1. The molecule has 1 unspecified atom stereocenters. The SMILES string of the molecule is CC(=O)Oc1cccc(C(O)CN2C(=O)c3ccccc3C2=O)c1. The number of esters is 1. The van der Waals surface area contributed by atoms with Crippen LogP contribution in [-0.2, 0) is 4.79 Å². The third-order valence-corrected chi connectivity index (χ3v) is 3.74. The molecule has 24 heavy (non-hydrogen) atoms. The molecule has 0 aliphatic carbocycles. The van der Waals surface area contributed by atoms with Crippen molar-refractivity contribution in [1.82, 2.24) is 4.90 Å². The Labute approximate surface area is 138 Å². The van der Waals surface area contributed by atoms with E-state index in [1.54, 1.807) is 42.5 Å². The van der Waals surface area contributed by atoms with Crippen molar-refractivity contribution in [2.75, 3.05) is 6.54 Å². The van der Waals surface area contributed by atoms with Crippen molar-refractivity contribution < 1.29 is 24.2 Å². The molecule has 0 radical (unpaired) electrons. The number of nitrogens with zero attached hydrogens (tertiary/aromatic N) is 1. The van der Waals surface area contributed by atoms with Gasteiger partial charge in [0.2, 0.25) is 0 Å². The Bertz CT molecular complexity index is 795. The summed E-state index contributed by atoms with van der Waals surface area (Å²) >= 11 is 0. The number of fused-ring (bicyclic) bond motifs is 1. The van der Waals surface area contributed by atoms with Crippen LogP contribution in [0.5, 0.6) is 5.75 Å². The number of imide groups is 1. The topological polar surface area (TPSA) is 83.9 Å². The molecule has 1 atom stereocenters. The van der Waals surface area contributed by atoms with Crippen molar-refractivity contribution >= 4 is 17.8 Å². The second kappa shape index (κ2) is 6.25.